The lowest BCUT2D eigenvalue weighted by atomic mass is 10.1. The summed E-state index contributed by atoms with van der Waals surface area (Å²) >= 11 is 1.48. The number of aryl methyl sites for hydroxylation is 1. The van der Waals surface area contributed by atoms with E-state index in [1.54, 1.807) is 12.1 Å². The first-order valence-electron chi connectivity index (χ1n) is 12.0. The van der Waals surface area contributed by atoms with E-state index < -0.39 is 0 Å². The molecule has 2 aromatic heterocycles. The fraction of sp³-hybridized carbons (Fsp3) is 0.172. The van der Waals surface area contributed by atoms with Crippen molar-refractivity contribution < 1.29 is 14.0 Å². The van der Waals surface area contributed by atoms with Gasteiger partial charge in [-0.05, 0) is 67.9 Å². The molecule has 1 atom stereocenters. The van der Waals surface area contributed by atoms with E-state index in [1.165, 1.54) is 28.9 Å². The average Bonchev–Trinajstić information content (AvgIpc) is 3.54. The molecule has 0 saturated heterocycles. The average molecular weight is 498 g/mol. The zero-order chi connectivity index (χ0) is 25.1. The van der Waals surface area contributed by atoms with Crippen molar-refractivity contribution in [1.82, 2.24) is 4.57 Å². The number of carbonyl (C=O) groups excluding carboxylic acids is 2. The molecule has 5 rings (SSSR count). The van der Waals surface area contributed by atoms with Crippen LogP contribution in [-0.2, 0) is 11.3 Å². The number of aromatic nitrogens is 1. The van der Waals surface area contributed by atoms with Gasteiger partial charge in [0.05, 0.1) is 11.5 Å². The topological polar surface area (TPSA) is 76.3 Å². The molecule has 36 heavy (non-hydrogen) atoms. The maximum Gasteiger partial charge on any atom is 0.291 e. The van der Waals surface area contributed by atoms with Crippen molar-refractivity contribution in [2.75, 3.05) is 10.6 Å². The van der Waals surface area contributed by atoms with Crippen molar-refractivity contribution in [3.05, 3.63) is 90.9 Å². The van der Waals surface area contributed by atoms with E-state index in [-0.39, 0.29) is 22.8 Å². The van der Waals surface area contributed by atoms with Crippen LogP contribution in [0.15, 0.2) is 94.4 Å². The number of hydrogen-bond donors (Lipinski definition) is 2. The summed E-state index contributed by atoms with van der Waals surface area (Å²) in [5.41, 5.74) is 3.78. The van der Waals surface area contributed by atoms with E-state index >= 15 is 0 Å². The number of amides is 2. The maximum absolute atomic E-state index is 13.2. The standard InChI is InChI=1S/C29H27N3O3S/c1-3-27(36-21-10-7-9-19(17-21)30-28(33)26-13-8-16-35-26)29(34)31-20-14-15-25-23(18-20)22-11-5-6-12-24(22)32(25)4-2/h5-18,27H,3-4H2,1-2H3,(H,30,33)(H,31,34). The Morgan fingerprint density at radius 1 is 0.861 bits per heavy atom. The Labute approximate surface area is 213 Å². The summed E-state index contributed by atoms with van der Waals surface area (Å²) in [7, 11) is 0. The highest BCUT2D eigenvalue weighted by atomic mass is 32.2. The molecule has 1 unspecified atom stereocenters. The number of para-hydroxylation sites is 1. The predicted molar refractivity (Wildman–Crippen MR) is 147 cm³/mol. The van der Waals surface area contributed by atoms with E-state index in [0.717, 1.165) is 28.0 Å². The van der Waals surface area contributed by atoms with Crippen LogP contribution in [-0.4, -0.2) is 21.6 Å². The van der Waals surface area contributed by atoms with Gasteiger partial charge in [0.1, 0.15) is 0 Å². The van der Waals surface area contributed by atoms with Gasteiger partial charge in [-0.15, -0.1) is 11.8 Å². The van der Waals surface area contributed by atoms with Crippen molar-refractivity contribution in [2.24, 2.45) is 0 Å². The second-order valence-corrected chi connectivity index (χ2v) is 9.73. The summed E-state index contributed by atoms with van der Waals surface area (Å²) in [6.45, 7) is 5.02. The number of carbonyl (C=O) groups is 2. The van der Waals surface area contributed by atoms with E-state index in [0.29, 0.717) is 12.1 Å². The van der Waals surface area contributed by atoms with Crippen LogP contribution >= 0.6 is 11.8 Å². The van der Waals surface area contributed by atoms with Crippen molar-refractivity contribution in [1.29, 1.82) is 0 Å². The zero-order valence-electron chi connectivity index (χ0n) is 20.2. The van der Waals surface area contributed by atoms with Gasteiger partial charge in [0.2, 0.25) is 5.91 Å². The largest absolute Gasteiger partial charge is 0.459 e. The van der Waals surface area contributed by atoms with Gasteiger partial charge >= 0.3 is 0 Å². The molecule has 6 nitrogen and oxygen atoms in total. The number of anilines is 2. The molecular formula is C29H27N3O3S. The second-order valence-electron chi connectivity index (χ2n) is 8.46. The zero-order valence-corrected chi connectivity index (χ0v) is 21.0. The Hall–Kier alpha value is -3.97. The first-order valence-corrected chi connectivity index (χ1v) is 12.9. The summed E-state index contributed by atoms with van der Waals surface area (Å²) in [4.78, 5) is 26.4. The van der Waals surface area contributed by atoms with Crippen molar-refractivity contribution in [3.8, 4) is 0 Å². The molecule has 0 aliphatic heterocycles. The minimum atomic E-state index is -0.313. The van der Waals surface area contributed by atoms with Crippen LogP contribution in [0.25, 0.3) is 21.8 Å². The van der Waals surface area contributed by atoms with Gasteiger partial charge < -0.3 is 19.6 Å². The van der Waals surface area contributed by atoms with Crippen LogP contribution in [0.1, 0.15) is 30.8 Å². The number of furan rings is 1. The molecule has 2 heterocycles. The molecule has 0 aliphatic rings. The molecule has 5 aromatic rings. The summed E-state index contributed by atoms with van der Waals surface area (Å²) in [5, 5.41) is 7.97. The summed E-state index contributed by atoms with van der Waals surface area (Å²) < 4.78 is 7.44. The molecule has 2 amide bonds. The molecule has 182 valence electrons. The molecule has 3 aromatic carbocycles. The Bertz CT molecular complexity index is 1540. The van der Waals surface area contributed by atoms with Crippen LogP contribution in [0.3, 0.4) is 0 Å². The Morgan fingerprint density at radius 2 is 1.67 bits per heavy atom. The fourth-order valence-corrected chi connectivity index (χ4v) is 5.44. The molecule has 0 saturated carbocycles. The molecule has 0 bridgehead atoms. The van der Waals surface area contributed by atoms with E-state index in [2.05, 4.69) is 52.5 Å². The SMILES string of the molecule is CCC(Sc1cccc(NC(=O)c2ccco2)c1)C(=O)Nc1ccc2c(c1)c1ccccc1n2CC. The van der Waals surface area contributed by atoms with Gasteiger partial charge in [0, 0.05) is 44.6 Å². The quantitative estimate of drug-likeness (QED) is 0.223. The lowest BCUT2D eigenvalue weighted by molar-refractivity contribution is -0.115. The second kappa shape index (κ2) is 10.3. The Balaban J connectivity index is 1.32. The van der Waals surface area contributed by atoms with Crippen LogP contribution in [0, 0.1) is 0 Å². The summed E-state index contributed by atoms with van der Waals surface area (Å²) in [5.74, 6) is -0.115. The van der Waals surface area contributed by atoms with Crippen LogP contribution in [0.5, 0.6) is 0 Å². The molecule has 7 heteroatoms. The minimum Gasteiger partial charge on any atom is -0.459 e. The van der Waals surface area contributed by atoms with Crippen molar-refractivity contribution in [2.45, 2.75) is 37.0 Å². The lowest BCUT2D eigenvalue weighted by Crippen LogP contribution is -2.24. The maximum atomic E-state index is 13.2. The normalized spacial score (nSPS) is 12.1. The summed E-state index contributed by atoms with van der Waals surface area (Å²) in [6.07, 6.45) is 2.13. The minimum absolute atomic E-state index is 0.0499. The van der Waals surface area contributed by atoms with E-state index in [4.69, 9.17) is 4.42 Å². The number of fused-ring (bicyclic) bond motifs is 3. The number of benzene rings is 3. The summed E-state index contributed by atoms with van der Waals surface area (Å²) in [6, 6.07) is 25.2. The first kappa shape index (κ1) is 23.8. The van der Waals surface area contributed by atoms with Crippen LogP contribution in [0.4, 0.5) is 11.4 Å². The molecule has 0 fully saturated rings. The molecular weight excluding hydrogens is 470 g/mol. The van der Waals surface area contributed by atoms with Gasteiger partial charge in [-0.2, -0.15) is 0 Å². The molecule has 2 N–H and O–H groups in total. The first-order chi connectivity index (χ1) is 17.6. The number of nitrogens with one attached hydrogen (secondary N) is 2. The highest BCUT2D eigenvalue weighted by molar-refractivity contribution is 8.00. The third kappa shape index (κ3) is 4.75. The number of hydrogen-bond acceptors (Lipinski definition) is 4. The predicted octanol–water partition coefficient (Wildman–Crippen LogP) is 7.17. The van der Waals surface area contributed by atoms with Crippen molar-refractivity contribution in [3.63, 3.8) is 0 Å². The smallest absolute Gasteiger partial charge is 0.291 e. The van der Waals surface area contributed by atoms with Crippen LogP contribution < -0.4 is 10.6 Å². The highest BCUT2D eigenvalue weighted by Gasteiger charge is 2.19. The van der Waals surface area contributed by atoms with Gasteiger partial charge in [0.15, 0.2) is 5.76 Å². The van der Waals surface area contributed by atoms with Gasteiger partial charge in [-0.25, -0.2) is 0 Å². The fourth-order valence-electron chi connectivity index (χ4n) is 4.43. The van der Waals surface area contributed by atoms with E-state index in [9.17, 15) is 9.59 Å². The lowest BCUT2D eigenvalue weighted by Gasteiger charge is -2.16. The Morgan fingerprint density at radius 3 is 2.44 bits per heavy atom. The molecule has 0 aliphatic carbocycles. The third-order valence-electron chi connectivity index (χ3n) is 6.13. The van der Waals surface area contributed by atoms with Gasteiger partial charge in [0.25, 0.3) is 5.91 Å². The third-order valence-corrected chi connectivity index (χ3v) is 7.49. The van der Waals surface area contributed by atoms with Gasteiger partial charge in [-0.1, -0.05) is 31.2 Å². The van der Waals surface area contributed by atoms with E-state index in [1.807, 2.05) is 43.3 Å². The van der Waals surface area contributed by atoms with Crippen molar-refractivity contribution >= 4 is 56.8 Å². The highest BCUT2D eigenvalue weighted by Crippen LogP contribution is 2.32. The molecule has 0 spiro atoms. The monoisotopic (exact) mass is 497 g/mol. The number of thioether (sulfide) groups is 1. The number of nitrogens with zero attached hydrogens (tertiary/aromatic N) is 1. The number of rotatable bonds is 8. The van der Waals surface area contributed by atoms with Crippen LogP contribution in [0.2, 0.25) is 0 Å². The Kier molecular flexibility index (Phi) is 6.82. The molecule has 0 radical (unpaired) electrons. The van der Waals surface area contributed by atoms with Gasteiger partial charge in [-0.3, -0.25) is 9.59 Å².